The predicted octanol–water partition coefficient (Wildman–Crippen LogP) is 1.38. The van der Waals surface area contributed by atoms with Crippen molar-refractivity contribution in [3.05, 3.63) is 54.7 Å². The number of hydrogen-bond acceptors (Lipinski definition) is 6. The van der Waals surface area contributed by atoms with Gasteiger partial charge in [-0.2, -0.15) is 4.98 Å². The number of hydrogen-bond donors (Lipinski definition) is 3. The van der Waals surface area contributed by atoms with Crippen LogP contribution in [0.1, 0.15) is 5.56 Å². The first-order chi connectivity index (χ1) is 11.0. The minimum absolute atomic E-state index is 0.114. The van der Waals surface area contributed by atoms with Crippen LogP contribution in [0.2, 0.25) is 0 Å². The van der Waals surface area contributed by atoms with E-state index in [1.165, 1.54) is 12.1 Å². The van der Waals surface area contributed by atoms with Gasteiger partial charge in [-0.15, -0.1) is 6.58 Å². The zero-order valence-electron chi connectivity index (χ0n) is 12.6. The normalized spacial score (nSPS) is 11.0. The Balaban J connectivity index is 1.88. The summed E-state index contributed by atoms with van der Waals surface area (Å²) in [4.78, 5) is 8.52. The molecule has 0 aliphatic heterocycles. The maximum atomic E-state index is 11.2. The van der Waals surface area contributed by atoms with Gasteiger partial charge in [0.25, 0.3) is 0 Å². The zero-order valence-corrected chi connectivity index (χ0v) is 13.4. The first kappa shape index (κ1) is 16.9. The molecule has 0 saturated heterocycles. The zero-order chi connectivity index (χ0) is 16.7. The van der Waals surface area contributed by atoms with Crippen molar-refractivity contribution in [3.8, 4) is 0 Å². The number of sulfonamides is 1. The van der Waals surface area contributed by atoms with Crippen molar-refractivity contribution in [2.75, 3.05) is 23.7 Å². The van der Waals surface area contributed by atoms with Crippen LogP contribution in [0.15, 0.2) is 54.1 Å². The van der Waals surface area contributed by atoms with E-state index in [1.807, 2.05) is 0 Å². The Kier molecular flexibility index (Phi) is 5.67. The SMILES string of the molecule is C=CCNc1nccc(NCCc2ccc(S(N)(=O)=O)cc2)n1. The lowest BCUT2D eigenvalue weighted by molar-refractivity contribution is 0.598. The molecule has 0 fully saturated rings. The molecule has 8 heteroatoms. The Hall–Kier alpha value is -2.45. The van der Waals surface area contributed by atoms with E-state index in [1.54, 1.807) is 30.5 Å². The highest BCUT2D eigenvalue weighted by molar-refractivity contribution is 7.89. The van der Waals surface area contributed by atoms with Crippen molar-refractivity contribution in [1.29, 1.82) is 0 Å². The van der Waals surface area contributed by atoms with Gasteiger partial charge in [-0.1, -0.05) is 18.2 Å². The molecule has 1 aromatic carbocycles. The van der Waals surface area contributed by atoms with Crippen LogP contribution in [0.5, 0.6) is 0 Å². The lowest BCUT2D eigenvalue weighted by Crippen LogP contribution is -2.12. The van der Waals surface area contributed by atoms with E-state index in [-0.39, 0.29) is 4.90 Å². The third-order valence-corrected chi connectivity index (χ3v) is 3.96. The molecule has 4 N–H and O–H groups in total. The van der Waals surface area contributed by atoms with Crippen LogP contribution in [-0.2, 0) is 16.4 Å². The van der Waals surface area contributed by atoms with Crippen molar-refractivity contribution in [2.24, 2.45) is 5.14 Å². The quantitative estimate of drug-likeness (QED) is 0.630. The summed E-state index contributed by atoms with van der Waals surface area (Å²) in [7, 11) is -3.64. The fourth-order valence-corrected chi connectivity index (χ4v) is 2.40. The molecule has 0 unspecified atom stereocenters. The van der Waals surface area contributed by atoms with Gasteiger partial charge in [0.1, 0.15) is 5.82 Å². The molecule has 2 rings (SSSR count). The Morgan fingerprint density at radius 1 is 1.17 bits per heavy atom. The highest BCUT2D eigenvalue weighted by Gasteiger charge is 2.06. The fraction of sp³-hybridized carbons (Fsp3) is 0.200. The van der Waals surface area contributed by atoms with Crippen LogP contribution in [0.25, 0.3) is 0 Å². The number of rotatable bonds is 8. The summed E-state index contributed by atoms with van der Waals surface area (Å²) in [5, 5.41) is 11.3. The molecule has 2 aromatic rings. The molecule has 1 heterocycles. The van der Waals surface area contributed by atoms with E-state index in [4.69, 9.17) is 5.14 Å². The second-order valence-electron chi connectivity index (χ2n) is 4.80. The summed E-state index contributed by atoms with van der Waals surface area (Å²) in [6.07, 6.45) is 4.13. The van der Waals surface area contributed by atoms with Gasteiger partial charge in [-0.25, -0.2) is 18.5 Å². The van der Waals surface area contributed by atoms with Crippen molar-refractivity contribution in [1.82, 2.24) is 9.97 Å². The average Bonchev–Trinajstić information content (AvgIpc) is 2.53. The topological polar surface area (TPSA) is 110 Å². The third-order valence-electron chi connectivity index (χ3n) is 3.03. The maximum absolute atomic E-state index is 11.2. The number of nitrogens with zero attached hydrogens (tertiary/aromatic N) is 2. The number of nitrogens with two attached hydrogens (primary N) is 1. The van der Waals surface area contributed by atoms with Crippen molar-refractivity contribution < 1.29 is 8.42 Å². The monoisotopic (exact) mass is 333 g/mol. The number of anilines is 2. The number of primary sulfonamides is 1. The number of aromatic nitrogens is 2. The molecule has 0 aliphatic rings. The van der Waals surface area contributed by atoms with Gasteiger partial charge in [0.15, 0.2) is 0 Å². The molecular formula is C15H19N5O2S. The molecule has 1 aromatic heterocycles. The lowest BCUT2D eigenvalue weighted by atomic mass is 10.1. The van der Waals surface area contributed by atoms with Gasteiger partial charge < -0.3 is 10.6 Å². The van der Waals surface area contributed by atoms with Crippen LogP contribution in [0.4, 0.5) is 11.8 Å². The smallest absolute Gasteiger partial charge is 0.238 e. The van der Waals surface area contributed by atoms with Crippen LogP contribution in [0, 0.1) is 0 Å². The van der Waals surface area contributed by atoms with Gasteiger partial charge >= 0.3 is 0 Å². The van der Waals surface area contributed by atoms with Crippen LogP contribution in [-0.4, -0.2) is 31.5 Å². The van der Waals surface area contributed by atoms with E-state index in [9.17, 15) is 8.42 Å². The highest BCUT2D eigenvalue weighted by atomic mass is 32.2. The Morgan fingerprint density at radius 2 is 1.91 bits per heavy atom. The van der Waals surface area contributed by atoms with Crippen molar-refractivity contribution in [2.45, 2.75) is 11.3 Å². The summed E-state index contributed by atoms with van der Waals surface area (Å²) in [6.45, 7) is 4.88. The Morgan fingerprint density at radius 3 is 2.57 bits per heavy atom. The summed E-state index contributed by atoms with van der Waals surface area (Å²) in [5.74, 6) is 1.25. The molecule has 0 bridgehead atoms. The first-order valence-electron chi connectivity index (χ1n) is 7.02. The summed E-state index contributed by atoms with van der Waals surface area (Å²) < 4.78 is 22.4. The van der Waals surface area contributed by atoms with E-state index in [2.05, 4.69) is 27.2 Å². The molecule has 23 heavy (non-hydrogen) atoms. The molecule has 122 valence electrons. The van der Waals surface area contributed by atoms with Gasteiger partial charge in [-0.3, -0.25) is 0 Å². The average molecular weight is 333 g/mol. The lowest BCUT2D eigenvalue weighted by Gasteiger charge is -2.08. The van der Waals surface area contributed by atoms with Gasteiger partial charge in [0.05, 0.1) is 4.90 Å². The van der Waals surface area contributed by atoms with Crippen LogP contribution in [0.3, 0.4) is 0 Å². The maximum Gasteiger partial charge on any atom is 0.238 e. The minimum Gasteiger partial charge on any atom is -0.370 e. The molecule has 7 nitrogen and oxygen atoms in total. The van der Waals surface area contributed by atoms with Crippen molar-refractivity contribution >= 4 is 21.8 Å². The Labute approximate surface area is 135 Å². The van der Waals surface area contributed by atoms with Crippen molar-refractivity contribution in [3.63, 3.8) is 0 Å². The minimum atomic E-state index is -3.64. The second kappa shape index (κ2) is 7.70. The van der Waals surface area contributed by atoms with Gasteiger partial charge in [0.2, 0.25) is 16.0 Å². The Bertz CT molecular complexity index is 760. The second-order valence-corrected chi connectivity index (χ2v) is 6.36. The van der Waals surface area contributed by atoms with E-state index in [0.29, 0.717) is 24.9 Å². The molecule has 0 amide bonds. The predicted molar refractivity (Wildman–Crippen MR) is 90.7 cm³/mol. The molecule has 0 aliphatic carbocycles. The molecule has 0 atom stereocenters. The third kappa shape index (κ3) is 5.35. The summed E-state index contributed by atoms with van der Waals surface area (Å²) in [5.41, 5.74) is 1.00. The summed E-state index contributed by atoms with van der Waals surface area (Å²) >= 11 is 0. The van der Waals surface area contributed by atoms with Crippen LogP contribution >= 0.6 is 0 Å². The molecule has 0 radical (unpaired) electrons. The summed E-state index contributed by atoms with van der Waals surface area (Å²) in [6, 6.07) is 8.29. The van der Waals surface area contributed by atoms with Gasteiger partial charge in [0, 0.05) is 19.3 Å². The standard InChI is InChI=1S/C15H19N5O2S/c1-2-9-18-15-19-11-8-14(20-15)17-10-7-12-3-5-13(6-4-12)23(16,21)22/h2-6,8,11H,1,7,9-10H2,(H2,16,21,22)(H2,17,18,19,20). The van der Waals surface area contributed by atoms with Gasteiger partial charge in [-0.05, 0) is 30.2 Å². The fourth-order valence-electron chi connectivity index (χ4n) is 1.89. The number of nitrogens with one attached hydrogen (secondary N) is 2. The highest BCUT2D eigenvalue weighted by Crippen LogP contribution is 2.10. The first-order valence-corrected chi connectivity index (χ1v) is 8.57. The number of benzene rings is 1. The molecule has 0 saturated carbocycles. The van der Waals surface area contributed by atoms with E-state index < -0.39 is 10.0 Å². The largest absolute Gasteiger partial charge is 0.370 e. The van der Waals surface area contributed by atoms with E-state index >= 15 is 0 Å². The molecular weight excluding hydrogens is 314 g/mol. The molecule has 0 spiro atoms. The van der Waals surface area contributed by atoms with E-state index in [0.717, 1.165) is 12.0 Å². The van der Waals surface area contributed by atoms with Crippen LogP contribution < -0.4 is 15.8 Å².